The van der Waals surface area contributed by atoms with Gasteiger partial charge in [0.15, 0.2) is 5.84 Å². The van der Waals surface area contributed by atoms with Gasteiger partial charge >= 0.3 is 0 Å². The number of fused-ring (bicyclic) bond motifs is 5. The molecular weight excluding hydrogens is 591 g/mol. The van der Waals surface area contributed by atoms with Gasteiger partial charge in [0.25, 0.3) is 0 Å². The summed E-state index contributed by atoms with van der Waals surface area (Å²) in [6.45, 7) is 0.480. The number of aliphatic imine (C=N–C) groups is 2. The number of nitrogens with two attached hydrogens (primary N) is 1. The molecule has 0 atom stereocenters. The summed E-state index contributed by atoms with van der Waals surface area (Å²) < 4.78 is 2.59. The molecule has 0 amide bonds. The average molecular weight is 622 g/mol. The second-order valence-electron chi connectivity index (χ2n) is 11.6. The predicted octanol–water partition coefficient (Wildman–Crippen LogP) is 10.9. The van der Waals surface area contributed by atoms with E-state index in [1.807, 2.05) is 47.7 Å². The van der Waals surface area contributed by atoms with Crippen molar-refractivity contribution in [2.75, 3.05) is 0 Å². The van der Waals surface area contributed by atoms with Crippen LogP contribution in [0.4, 0.5) is 0 Å². The first-order valence-electron chi connectivity index (χ1n) is 15.7. The van der Waals surface area contributed by atoms with Gasteiger partial charge in [-0.3, -0.25) is 4.99 Å². The van der Waals surface area contributed by atoms with Crippen LogP contribution in [0, 0.1) is 0 Å². The summed E-state index contributed by atoms with van der Waals surface area (Å²) in [7, 11) is 0. The molecule has 8 rings (SSSR count). The highest BCUT2D eigenvalue weighted by atomic mass is 32.1. The van der Waals surface area contributed by atoms with Gasteiger partial charge in [-0.2, -0.15) is 0 Å². The minimum Gasteiger partial charge on any atom is -0.383 e. The smallest absolute Gasteiger partial charge is 0.157 e. The molecule has 0 spiro atoms. The fraction of sp³-hybridized carbons (Fsp3) is 0.0233. The van der Waals surface area contributed by atoms with E-state index in [4.69, 9.17) is 15.7 Å². The first-order valence-corrected chi connectivity index (χ1v) is 16.6. The first-order chi connectivity index (χ1) is 23.2. The Labute approximate surface area is 278 Å². The molecule has 0 aliphatic rings. The van der Waals surface area contributed by atoms with Crippen LogP contribution in [-0.2, 0) is 6.54 Å². The third kappa shape index (κ3) is 5.71. The van der Waals surface area contributed by atoms with Crippen molar-refractivity contribution in [2.45, 2.75) is 6.54 Å². The highest BCUT2D eigenvalue weighted by Gasteiger charge is 2.12. The van der Waals surface area contributed by atoms with Crippen molar-refractivity contribution in [3.05, 3.63) is 180 Å². The molecule has 3 nitrogen and oxygen atoms in total. The monoisotopic (exact) mass is 621 g/mol. The van der Waals surface area contributed by atoms with Gasteiger partial charge in [0, 0.05) is 36.7 Å². The van der Waals surface area contributed by atoms with Gasteiger partial charge in [0.2, 0.25) is 0 Å². The SMILES string of the molecule is NC(=NC(=NCc1cccc2ccc3c4ccccc4sc3c12)c1ccc(-c2ccc(-c3ccccc3)cc2)cc1)c1ccccc1. The maximum Gasteiger partial charge on any atom is 0.157 e. The van der Waals surface area contributed by atoms with E-state index < -0.39 is 0 Å². The molecule has 4 heteroatoms. The molecule has 2 N–H and O–H groups in total. The summed E-state index contributed by atoms with van der Waals surface area (Å²) in [5.74, 6) is 1.05. The van der Waals surface area contributed by atoms with E-state index >= 15 is 0 Å². The van der Waals surface area contributed by atoms with Crippen molar-refractivity contribution in [3.8, 4) is 22.3 Å². The molecule has 0 aliphatic heterocycles. The molecule has 0 saturated carbocycles. The van der Waals surface area contributed by atoms with Crippen molar-refractivity contribution in [3.63, 3.8) is 0 Å². The number of nitrogens with zero attached hydrogens (tertiary/aromatic N) is 2. The molecule has 0 unspecified atom stereocenters. The molecule has 1 heterocycles. The average Bonchev–Trinajstić information content (AvgIpc) is 3.53. The molecular formula is C43H31N3S. The van der Waals surface area contributed by atoms with E-state index in [0.29, 0.717) is 18.2 Å². The summed E-state index contributed by atoms with van der Waals surface area (Å²) in [6.07, 6.45) is 0. The molecule has 224 valence electrons. The highest BCUT2D eigenvalue weighted by Crippen LogP contribution is 2.39. The van der Waals surface area contributed by atoms with Gasteiger partial charge in [0.05, 0.1) is 6.54 Å². The third-order valence-corrected chi connectivity index (χ3v) is 9.84. The molecule has 0 fully saturated rings. The van der Waals surface area contributed by atoms with Gasteiger partial charge in [-0.1, -0.05) is 158 Å². The fourth-order valence-corrected chi connectivity index (χ4v) is 7.49. The Morgan fingerprint density at radius 3 is 1.85 bits per heavy atom. The van der Waals surface area contributed by atoms with Crippen molar-refractivity contribution in [1.29, 1.82) is 0 Å². The van der Waals surface area contributed by atoms with E-state index in [1.54, 1.807) is 0 Å². The molecule has 8 aromatic rings. The quantitative estimate of drug-likeness (QED) is 0.146. The van der Waals surface area contributed by atoms with Crippen LogP contribution < -0.4 is 5.73 Å². The standard InChI is InChI=1S/C43H31N3S/c44-42(34-12-5-2-6-13-34)46-43(35-24-22-32(23-25-35)31-20-18-30(19-21-31)29-10-3-1-4-11-29)45-28-36-15-9-14-33-26-27-38-37-16-7-8-17-39(37)47-41(38)40(33)36/h1-27H,28H2,(H2,44,45,46). The Bertz CT molecular complexity index is 2410. The summed E-state index contributed by atoms with van der Waals surface area (Å²) in [6, 6.07) is 57.0. The zero-order chi connectivity index (χ0) is 31.6. The van der Waals surface area contributed by atoms with Gasteiger partial charge in [-0.25, -0.2) is 4.99 Å². The summed E-state index contributed by atoms with van der Waals surface area (Å²) in [5.41, 5.74) is 14.2. The van der Waals surface area contributed by atoms with Crippen LogP contribution in [0.3, 0.4) is 0 Å². The maximum absolute atomic E-state index is 6.56. The number of thiophene rings is 1. The van der Waals surface area contributed by atoms with E-state index in [0.717, 1.165) is 22.3 Å². The van der Waals surface area contributed by atoms with Gasteiger partial charge in [0.1, 0.15) is 5.84 Å². The topological polar surface area (TPSA) is 50.7 Å². The Balaban J connectivity index is 1.17. The lowest BCUT2D eigenvalue weighted by atomic mass is 9.99. The van der Waals surface area contributed by atoms with Crippen LogP contribution in [-0.4, -0.2) is 11.7 Å². The highest BCUT2D eigenvalue weighted by molar-refractivity contribution is 7.26. The minimum absolute atomic E-state index is 0.440. The maximum atomic E-state index is 6.56. The zero-order valence-corrected chi connectivity index (χ0v) is 26.5. The summed E-state index contributed by atoms with van der Waals surface area (Å²) in [5, 5.41) is 5.05. The number of benzene rings is 7. The van der Waals surface area contributed by atoms with Gasteiger partial charge < -0.3 is 5.73 Å². The van der Waals surface area contributed by atoms with E-state index in [1.165, 1.54) is 47.6 Å². The number of rotatable bonds is 6. The molecule has 7 aromatic carbocycles. The largest absolute Gasteiger partial charge is 0.383 e. The van der Waals surface area contributed by atoms with Crippen LogP contribution in [0.1, 0.15) is 16.7 Å². The van der Waals surface area contributed by atoms with Crippen LogP contribution in [0.5, 0.6) is 0 Å². The van der Waals surface area contributed by atoms with E-state index in [2.05, 4.69) is 127 Å². The van der Waals surface area contributed by atoms with Crippen molar-refractivity contribution < 1.29 is 0 Å². The number of amidine groups is 2. The summed E-state index contributed by atoms with van der Waals surface area (Å²) in [4.78, 5) is 10.0. The zero-order valence-electron chi connectivity index (χ0n) is 25.7. The van der Waals surface area contributed by atoms with Crippen LogP contribution in [0.25, 0.3) is 53.2 Å². The van der Waals surface area contributed by atoms with E-state index in [-0.39, 0.29) is 0 Å². The summed E-state index contributed by atoms with van der Waals surface area (Å²) >= 11 is 1.85. The molecule has 0 aliphatic carbocycles. The molecule has 47 heavy (non-hydrogen) atoms. The molecule has 0 radical (unpaired) electrons. The van der Waals surface area contributed by atoms with Crippen LogP contribution in [0.15, 0.2) is 174 Å². The second-order valence-corrected chi connectivity index (χ2v) is 12.6. The second kappa shape index (κ2) is 12.5. The normalized spacial score (nSPS) is 12.3. The molecule has 0 bridgehead atoms. The van der Waals surface area contributed by atoms with E-state index in [9.17, 15) is 0 Å². The fourth-order valence-electron chi connectivity index (χ4n) is 6.19. The Morgan fingerprint density at radius 2 is 1.13 bits per heavy atom. The Hall–Kier alpha value is -5.84. The van der Waals surface area contributed by atoms with Gasteiger partial charge in [-0.15, -0.1) is 11.3 Å². The molecule has 0 saturated heterocycles. The van der Waals surface area contributed by atoms with Crippen molar-refractivity contribution in [1.82, 2.24) is 0 Å². The third-order valence-electron chi connectivity index (χ3n) is 8.64. The number of hydrogen-bond donors (Lipinski definition) is 1. The van der Waals surface area contributed by atoms with Gasteiger partial charge in [-0.05, 0) is 39.3 Å². The number of hydrogen-bond acceptors (Lipinski definition) is 2. The van der Waals surface area contributed by atoms with Crippen LogP contribution >= 0.6 is 11.3 Å². The lowest BCUT2D eigenvalue weighted by Gasteiger charge is -2.09. The van der Waals surface area contributed by atoms with Crippen molar-refractivity contribution in [2.24, 2.45) is 15.7 Å². The van der Waals surface area contributed by atoms with Crippen molar-refractivity contribution >= 4 is 54.0 Å². The lowest BCUT2D eigenvalue weighted by Crippen LogP contribution is -2.16. The Kier molecular flexibility index (Phi) is 7.62. The van der Waals surface area contributed by atoms with Crippen LogP contribution in [0.2, 0.25) is 0 Å². The minimum atomic E-state index is 0.440. The molecule has 1 aromatic heterocycles. The lowest BCUT2D eigenvalue weighted by molar-refractivity contribution is 1.08. The Morgan fingerprint density at radius 1 is 0.511 bits per heavy atom. The first kappa shape index (κ1) is 28.6. The predicted molar refractivity (Wildman–Crippen MR) is 202 cm³/mol.